The maximum Gasteiger partial charge on any atom is 0.414 e. The number of benzene rings is 2. The lowest BCUT2D eigenvalue weighted by Gasteiger charge is -2.44. The molecule has 2 atom stereocenters. The molecule has 0 radical (unpaired) electrons. The lowest BCUT2D eigenvalue weighted by Crippen LogP contribution is -2.53. The summed E-state index contributed by atoms with van der Waals surface area (Å²) in [5.74, 6) is -1.83. The van der Waals surface area contributed by atoms with E-state index in [9.17, 15) is 13.6 Å². The fourth-order valence-electron chi connectivity index (χ4n) is 3.55. The van der Waals surface area contributed by atoms with Crippen LogP contribution in [-0.4, -0.2) is 24.8 Å². The predicted molar refractivity (Wildman–Crippen MR) is 105 cm³/mol. The van der Waals surface area contributed by atoms with Crippen molar-refractivity contribution in [3.8, 4) is 0 Å². The number of hydrogen-bond donors (Lipinski definition) is 1. The van der Waals surface area contributed by atoms with Crippen LogP contribution >= 0.6 is 15.9 Å². The molecule has 2 aromatic rings. The van der Waals surface area contributed by atoms with Gasteiger partial charge in [0.05, 0.1) is 10.0 Å². The number of anilines is 2. The molecule has 0 saturated heterocycles. The summed E-state index contributed by atoms with van der Waals surface area (Å²) in [4.78, 5) is 14.1. The third-order valence-electron chi connectivity index (χ3n) is 4.92. The number of ether oxygens (including phenoxy) is 1. The SMILES string of the molecule is C[C@H]1c2c(cc(F)c(Br)c2F)NC(C)(C)[C@@H]1OC(=O)N(C)c1ccccc1. The second kappa shape index (κ2) is 7.11. The van der Waals surface area contributed by atoms with Gasteiger partial charge in [-0.25, -0.2) is 13.6 Å². The molecule has 0 unspecified atom stereocenters. The smallest absolute Gasteiger partial charge is 0.414 e. The summed E-state index contributed by atoms with van der Waals surface area (Å²) in [5, 5.41) is 3.11. The van der Waals surface area contributed by atoms with Crippen molar-refractivity contribution in [2.24, 2.45) is 0 Å². The quantitative estimate of drug-likeness (QED) is 0.613. The van der Waals surface area contributed by atoms with Gasteiger partial charge in [-0.05, 0) is 48.0 Å². The molecule has 1 amide bonds. The van der Waals surface area contributed by atoms with E-state index in [4.69, 9.17) is 4.74 Å². The largest absolute Gasteiger partial charge is 0.443 e. The Labute approximate surface area is 165 Å². The van der Waals surface area contributed by atoms with E-state index >= 15 is 0 Å². The average molecular weight is 439 g/mol. The molecule has 0 bridgehead atoms. The first-order valence-electron chi connectivity index (χ1n) is 8.58. The Balaban J connectivity index is 1.92. The fourth-order valence-corrected chi connectivity index (χ4v) is 3.87. The highest BCUT2D eigenvalue weighted by atomic mass is 79.9. The molecule has 0 spiro atoms. The summed E-state index contributed by atoms with van der Waals surface area (Å²) in [5.41, 5.74) is 0.636. The zero-order valence-corrected chi connectivity index (χ0v) is 17.1. The van der Waals surface area contributed by atoms with Gasteiger partial charge in [0, 0.05) is 29.9 Å². The van der Waals surface area contributed by atoms with Gasteiger partial charge in [-0.2, -0.15) is 0 Å². The van der Waals surface area contributed by atoms with Gasteiger partial charge in [-0.1, -0.05) is 25.1 Å². The van der Waals surface area contributed by atoms with Crippen LogP contribution in [0.5, 0.6) is 0 Å². The van der Waals surface area contributed by atoms with Crippen LogP contribution in [0.15, 0.2) is 40.9 Å². The lowest BCUT2D eigenvalue weighted by molar-refractivity contribution is 0.0520. The fraction of sp³-hybridized carbons (Fsp3) is 0.350. The van der Waals surface area contributed by atoms with Crippen molar-refractivity contribution in [3.05, 3.63) is 58.1 Å². The molecule has 2 aromatic carbocycles. The number of amides is 1. The minimum absolute atomic E-state index is 0.221. The Morgan fingerprint density at radius 1 is 1.26 bits per heavy atom. The maximum atomic E-state index is 14.7. The number of para-hydroxylation sites is 1. The van der Waals surface area contributed by atoms with Crippen LogP contribution in [0.25, 0.3) is 0 Å². The number of carbonyl (C=O) groups is 1. The summed E-state index contributed by atoms with van der Waals surface area (Å²) in [6.45, 7) is 5.45. The lowest BCUT2D eigenvalue weighted by atomic mass is 9.78. The maximum absolute atomic E-state index is 14.7. The summed E-state index contributed by atoms with van der Waals surface area (Å²) in [6.07, 6.45) is -1.20. The number of nitrogens with one attached hydrogen (secondary N) is 1. The molecule has 0 aromatic heterocycles. The molecular formula is C20H21BrF2N2O2. The van der Waals surface area contributed by atoms with Gasteiger partial charge in [-0.15, -0.1) is 0 Å². The molecule has 1 heterocycles. The molecule has 4 nitrogen and oxygen atoms in total. The van der Waals surface area contributed by atoms with Crippen molar-refractivity contribution >= 4 is 33.4 Å². The normalized spacial score (nSPS) is 20.4. The van der Waals surface area contributed by atoms with Crippen molar-refractivity contribution in [2.75, 3.05) is 17.3 Å². The molecule has 0 aliphatic carbocycles. The monoisotopic (exact) mass is 438 g/mol. The molecule has 27 heavy (non-hydrogen) atoms. The molecule has 1 aliphatic rings. The van der Waals surface area contributed by atoms with E-state index in [1.807, 2.05) is 32.0 Å². The van der Waals surface area contributed by atoms with E-state index in [1.54, 1.807) is 26.1 Å². The van der Waals surface area contributed by atoms with Crippen LogP contribution in [0.2, 0.25) is 0 Å². The van der Waals surface area contributed by atoms with Crippen molar-refractivity contribution in [1.82, 2.24) is 0 Å². The molecule has 1 aliphatic heterocycles. The summed E-state index contributed by atoms with van der Waals surface area (Å²) in [6, 6.07) is 10.4. The van der Waals surface area contributed by atoms with E-state index in [1.165, 1.54) is 11.0 Å². The van der Waals surface area contributed by atoms with Gasteiger partial charge < -0.3 is 10.1 Å². The van der Waals surface area contributed by atoms with E-state index in [2.05, 4.69) is 21.2 Å². The van der Waals surface area contributed by atoms with E-state index in [0.717, 1.165) is 0 Å². The third kappa shape index (κ3) is 3.52. The molecule has 3 rings (SSSR count). The van der Waals surface area contributed by atoms with Crippen molar-refractivity contribution in [1.29, 1.82) is 0 Å². The standard InChI is InChI=1S/C20H21BrF2N2O2/c1-11-15-14(10-13(22)16(21)17(15)23)24-20(2,3)18(11)27-19(26)25(4)12-8-6-5-7-9-12/h5-11,18,24H,1-4H3/t11-,18+/m0/s1. The average Bonchev–Trinajstić information content (AvgIpc) is 2.62. The van der Waals surface area contributed by atoms with Crippen LogP contribution in [-0.2, 0) is 4.74 Å². The molecule has 7 heteroatoms. The Kier molecular flexibility index (Phi) is 5.16. The van der Waals surface area contributed by atoms with E-state index < -0.39 is 35.3 Å². The highest BCUT2D eigenvalue weighted by molar-refractivity contribution is 9.10. The number of halogens is 3. The second-order valence-electron chi connectivity index (χ2n) is 7.28. The van der Waals surface area contributed by atoms with Crippen molar-refractivity contribution in [2.45, 2.75) is 38.3 Å². The summed E-state index contributed by atoms with van der Waals surface area (Å²) in [7, 11) is 1.62. The zero-order valence-electron chi connectivity index (χ0n) is 15.5. The summed E-state index contributed by atoms with van der Waals surface area (Å²) < 4.78 is 34.2. The van der Waals surface area contributed by atoms with E-state index in [-0.39, 0.29) is 4.47 Å². The minimum Gasteiger partial charge on any atom is -0.443 e. The first kappa shape index (κ1) is 19.6. The first-order valence-corrected chi connectivity index (χ1v) is 9.37. The predicted octanol–water partition coefficient (Wildman–Crippen LogP) is 5.68. The Morgan fingerprint density at radius 2 is 1.89 bits per heavy atom. The molecule has 0 fully saturated rings. The van der Waals surface area contributed by atoms with Crippen LogP contribution in [0, 0.1) is 11.6 Å². The van der Waals surface area contributed by atoms with Crippen LogP contribution < -0.4 is 10.2 Å². The Bertz CT molecular complexity index is 874. The van der Waals surface area contributed by atoms with Crippen molar-refractivity contribution in [3.63, 3.8) is 0 Å². The molecule has 144 valence electrons. The first-order chi connectivity index (χ1) is 12.6. The highest BCUT2D eigenvalue weighted by Gasteiger charge is 2.45. The summed E-state index contributed by atoms with van der Waals surface area (Å²) >= 11 is 2.95. The third-order valence-corrected chi connectivity index (χ3v) is 5.65. The Hall–Kier alpha value is -2.15. The Morgan fingerprint density at radius 3 is 2.52 bits per heavy atom. The van der Waals surface area contributed by atoms with Gasteiger partial charge in [0.2, 0.25) is 0 Å². The van der Waals surface area contributed by atoms with Gasteiger partial charge in [0.1, 0.15) is 17.7 Å². The van der Waals surface area contributed by atoms with Crippen LogP contribution in [0.4, 0.5) is 25.0 Å². The number of nitrogens with zero attached hydrogens (tertiary/aromatic N) is 1. The number of rotatable bonds is 2. The zero-order chi connectivity index (χ0) is 19.9. The molecule has 1 N–H and O–H groups in total. The minimum atomic E-state index is -0.716. The van der Waals surface area contributed by atoms with Gasteiger partial charge in [0.25, 0.3) is 0 Å². The molecular weight excluding hydrogens is 418 g/mol. The van der Waals surface area contributed by atoms with Gasteiger partial charge in [0.15, 0.2) is 0 Å². The van der Waals surface area contributed by atoms with Gasteiger partial charge >= 0.3 is 6.09 Å². The van der Waals surface area contributed by atoms with E-state index in [0.29, 0.717) is 16.9 Å². The number of hydrogen-bond acceptors (Lipinski definition) is 3. The second-order valence-corrected chi connectivity index (χ2v) is 8.07. The highest BCUT2D eigenvalue weighted by Crippen LogP contribution is 2.44. The number of carbonyl (C=O) groups excluding carboxylic acids is 1. The molecule has 0 saturated carbocycles. The van der Waals surface area contributed by atoms with Crippen LogP contribution in [0.3, 0.4) is 0 Å². The van der Waals surface area contributed by atoms with Crippen molar-refractivity contribution < 1.29 is 18.3 Å². The number of fused-ring (bicyclic) bond motifs is 1. The van der Waals surface area contributed by atoms with Gasteiger partial charge in [-0.3, -0.25) is 4.90 Å². The van der Waals surface area contributed by atoms with Crippen LogP contribution in [0.1, 0.15) is 32.3 Å². The topological polar surface area (TPSA) is 41.6 Å².